The monoisotopic (exact) mass is 362 g/mol. The van der Waals surface area contributed by atoms with Crippen LogP contribution in [0.1, 0.15) is 18.2 Å². The van der Waals surface area contributed by atoms with Gasteiger partial charge in [0.25, 0.3) is 0 Å². The predicted molar refractivity (Wildman–Crippen MR) is 81.2 cm³/mol. The smallest absolute Gasteiger partial charge is 0.361 e. The van der Waals surface area contributed by atoms with E-state index in [0.717, 1.165) is 10.6 Å². The van der Waals surface area contributed by atoms with Crippen molar-refractivity contribution >= 4 is 23.2 Å². The molecule has 2 rings (SSSR count). The zero-order chi connectivity index (χ0) is 17.2. The quantitative estimate of drug-likeness (QED) is 0.735. The number of alkyl halides is 3. The van der Waals surface area contributed by atoms with E-state index in [4.69, 9.17) is 27.9 Å². The van der Waals surface area contributed by atoms with Crippen molar-refractivity contribution in [2.45, 2.75) is 19.8 Å². The Morgan fingerprint density at radius 2 is 1.78 bits per heavy atom. The molecule has 0 N–H and O–H groups in total. The van der Waals surface area contributed by atoms with Crippen LogP contribution in [0, 0.1) is 11.3 Å². The maximum atomic E-state index is 13.2. The van der Waals surface area contributed by atoms with Crippen LogP contribution >= 0.6 is 23.2 Å². The molecule has 0 bridgehead atoms. The molecule has 1 aromatic carbocycles. The maximum Gasteiger partial charge on any atom is 0.431 e. The molecule has 0 unspecified atom stereocenters. The van der Waals surface area contributed by atoms with Crippen LogP contribution in [0.25, 0.3) is 11.3 Å². The van der Waals surface area contributed by atoms with Crippen molar-refractivity contribution < 1.29 is 17.9 Å². The zero-order valence-corrected chi connectivity index (χ0v) is 13.4. The van der Waals surface area contributed by atoms with Gasteiger partial charge in [0.05, 0.1) is 11.3 Å². The summed E-state index contributed by atoms with van der Waals surface area (Å²) in [4.78, 5) is 0. The standard InChI is InChI=1S/C15H11Cl2F3N2O/c1-2-23-8-22-13(15(18,19)20)5-10(7-21)14(22)9-3-11(16)6-12(17)4-9/h3-6H,2,8H2,1H3. The Kier molecular flexibility index (Phi) is 5.25. The van der Waals surface area contributed by atoms with Gasteiger partial charge in [0.1, 0.15) is 18.5 Å². The first kappa shape index (κ1) is 17.7. The number of ether oxygens (including phenoxy) is 1. The molecule has 0 saturated heterocycles. The van der Waals surface area contributed by atoms with Crippen molar-refractivity contribution in [2.75, 3.05) is 6.61 Å². The van der Waals surface area contributed by atoms with Gasteiger partial charge in [-0.05, 0) is 31.2 Å². The highest BCUT2D eigenvalue weighted by Gasteiger charge is 2.37. The van der Waals surface area contributed by atoms with Crippen molar-refractivity contribution in [3.8, 4) is 17.3 Å². The molecule has 0 atom stereocenters. The Morgan fingerprint density at radius 1 is 1.17 bits per heavy atom. The number of hydrogen-bond acceptors (Lipinski definition) is 2. The number of halogens is 5. The first-order chi connectivity index (χ1) is 10.8. The fourth-order valence-corrected chi connectivity index (χ4v) is 2.71. The van der Waals surface area contributed by atoms with Gasteiger partial charge in [-0.25, -0.2) is 0 Å². The van der Waals surface area contributed by atoms with Crippen LogP contribution in [0.4, 0.5) is 13.2 Å². The van der Waals surface area contributed by atoms with E-state index in [0.29, 0.717) is 5.56 Å². The minimum Gasteiger partial charge on any atom is -0.361 e. The van der Waals surface area contributed by atoms with Gasteiger partial charge < -0.3 is 9.30 Å². The highest BCUT2D eigenvalue weighted by atomic mass is 35.5. The highest BCUT2D eigenvalue weighted by molar-refractivity contribution is 6.35. The molecule has 0 aliphatic heterocycles. The molecule has 2 aromatic rings. The molecule has 0 radical (unpaired) electrons. The molecule has 0 saturated carbocycles. The number of benzene rings is 1. The van der Waals surface area contributed by atoms with Crippen molar-refractivity contribution in [2.24, 2.45) is 0 Å². The molecule has 1 aromatic heterocycles. The third-order valence-corrected chi connectivity index (χ3v) is 3.50. The first-order valence-electron chi connectivity index (χ1n) is 6.53. The van der Waals surface area contributed by atoms with Gasteiger partial charge >= 0.3 is 6.18 Å². The molecule has 3 nitrogen and oxygen atoms in total. The predicted octanol–water partition coefficient (Wildman–Crippen LogP) is 5.35. The van der Waals surface area contributed by atoms with Gasteiger partial charge in [-0.1, -0.05) is 23.2 Å². The third kappa shape index (κ3) is 3.81. The molecular formula is C15H11Cl2F3N2O. The van der Waals surface area contributed by atoms with Crippen LogP contribution < -0.4 is 0 Å². The first-order valence-corrected chi connectivity index (χ1v) is 7.28. The van der Waals surface area contributed by atoms with Crippen molar-refractivity contribution in [1.29, 1.82) is 5.26 Å². The zero-order valence-electron chi connectivity index (χ0n) is 11.9. The van der Waals surface area contributed by atoms with E-state index in [9.17, 15) is 18.4 Å². The molecule has 0 aliphatic carbocycles. The topological polar surface area (TPSA) is 38.0 Å². The summed E-state index contributed by atoms with van der Waals surface area (Å²) >= 11 is 11.8. The second kappa shape index (κ2) is 6.83. The lowest BCUT2D eigenvalue weighted by molar-refractivity contribution is -0.145. The van der Waals surface area contributed by atoms with Gasteiger partial charge in [0, 0.05) is 22.2 Å². The van der Waals surface area contributed by atoms with Crippen LogP contribution in [-0.2, 0) is 17.6 Å². The Bertz CT molecular complexity index is 743. The van der Waals surface area contributed by atoms with E-state index >= 15 is 0 Å². The van der Waals surface area contributed by atoms with Crippen molar-refractivity contribution in [3.05, 3.63) is 45.6 Å². The number of nitriles is 1. The SMILES string of the molecule is CCOCn1c(C(F)(F)F)cc(C#N)c1-c1cc(Cl)cc(Cl)c1. The third-order valence-electron chi connectivity index (χ3n) is 3.07. The van der Waals surface area contributed by atoms with Crippen molar-refractivity contribution in [3.63, 3.8) is 0 Å². The van der Waals surface area contributed by atoms with Crippen LogP contribution in [0.5, 0.6) is 0 Å². The maximum absolute atomic E-state index is 13.2. The Balaban J connectivity index is 2.74. The summed E-state index contributed by atoms with van der Waals surface area (Å²) in [6.45, 7) is 1.55. The Morgan fingerprint density at radius 3 is 2.26 bits per heavy atom. The summed E-state index contributed by atoms with van der Waals surface area (Å²) in [6, 6.07) is 6.93. The van der Waals surface area contributed by atoms with E-state index in [2.05, 4.69) is 0 Å². The van der Waals surface area contributed by atoms with E-state index in [1.54, 1.807) is 13.0 Å². The highest BCUT2D eigenvalue weighted by Crippen LogP contribution is 2.38. The van der Waals surface area contributed by atoms with E-state index < -0.39 is 11.9 Å². The summed E-state index contributed by atoms with van der Waals surface area (Å²) in [5, 5.41) is 9.73. The lowest BCUT2D eigenvalue weighted by atomic mass is 10.1. The summed E-state index contributed by atoms with van der Waals surface area (Å²) < 4.78 is 45.8. The fraction of sp³-hybridized carbons (Fsp3) is 0.267. The van der Waals surface area contributed by atoms with Crippen LogP contribution in [0.3, 0.4) is 0 Å². The van der Waals surface area contributed by atoms with Gasteiger partial charge in [0.2, 0.25) is 0 Å². The van der Waals surface area contributed by atoms with Gasteiger partial charge in [-0.2, -0.15) is 18.4 Å². The molecule has 0 spiro atoms. The second-order valence-corrected chi connectivity index (χ2v) is 5.48. The largest absolute Gasteiger partial charge is 0.431 e. The summed E-state index contributed by atoms with van der Waals surface area (Å²) in [6.07, 6.45) is -4.62. The van der Waals surface area contributed by atoms with Gasteiger partial charge in [0.15, 0.2) is 0 Å². The van der Waals surface area contributed by atoms with Crippen LogP contribution in [0.2, 0.25) is 10.0 Å². The molecule has 0 aliphatic rings. The van der Waals surface area contributed by atoms with Crippen LogP contribution in [-0.4, -0.2) is 11.2 Å². The molecule has 0 amide bonds. The second-order valence-electron chi connectivity index (χ2n) is 4.61. The molecular weight excluding hydrogens is 352 g/mol. The van der Waals surface area contributed by atoms with Crippen molar-refractivity contribution in [1.82, 2.24) is 4.57 Å². The minimum absolute atomic E-state index is 0.0673. The molecule has 8 heteroatoms. The fourth-order valence-electron chi connectivity index (χ4n) is 2.19. The summed E-state index contributed by atoms with van der Waals surface area (Å²) in [5.41, 5.74) is -0.712. The van der Waals surface area contributed by atoms with E-state index in [1.807, 2.05) is 0 Å². The van der Waals surface area contributed by atoms with E-state index in [-0.39, 0.29) is 34.6 Å². The molecule has 1 heterocycles. The summed E-state index contributed by atoms with van der Waals surface area (Å²) in [7, 11) is 0. The molecule has 122 valence electrons. The summed E-state index contributed by atoms with van der Waals surface area (Å²) in [5.74, 6) is 0. The average molecular weight is 363 g/mol. The molecule has 0 fully saturated rings. The Hall–Kier alpha value is -1.68. The molecule has 23 heavy (non-hydrogen) atoms. The normalized spacial score (nSPS) is 11.5. The van der Waals surface area contributed by atoms with Crippen LogP contribution in [0.15, 0.2) is 24.3 Å². The Labute approximate surface area is 140 Å². The lowest BCUT2D eigenvalue weighted by Gasteiger charge is -2.15. The number of rotatable bonds is 4. The van der Waals surface area contributed by atoms with Gasteiger partial charge in [-0.15, -0.1) is 0 Å². The minimum atomic E-state index is -4.62. The van der Waals surface area contributed by atoms with E-state index in [1.165, 1.54) is 18.2 Å². The number of nitrogens with zero attached hydrogens (tertiary/aromatic N) is 2. The number of aromatic nitrogens is 1. The number of hydrogen-bond donors (Lipinski definition) is 0. The lowest BCUT2D eigenvalue weighted by Crippen LogP contribution is -2.16. The average Bonchev–Trinajstić information content (AvgIpc) is 2.82. The van der Waals surface area contributed by atoms with Gasteiger partial charge in [-0.3, -0.25) is 0 Å².